The molecule has 2 heteroatoms. The van der Waals surface area contributed by atoms with Crippen LogP contribution in [-0.2, 0) is 6.54 Å². The van der Waals surface area contributed by atoms with E-state index in [9.17, 15) is 0 Å². The minimum Gasteiger partial charge on any atom is -0.380 e. The van der Waals surface area contributed by atoms with Gasteiger partial charge in [-0.05, 0) is 51.7 Å². The van der Waals surface area contributed by atoms with Crippen molar-refractivity contribution < 1.29 is 0 Å². The first-order chi connectivity index (χ1) is 9.33. The Morgan fingerprint density at radius 3 is 2.37 bits per heavy atom. The molecule has 0 spiro atoms. The fourth-order valence-corrected chi connectivity index (χ4v) is 2.54. The van der Waals surface area contributed by atoms with Gasteiger partial charge in [0.25, 0.3) is 0 Å². The number of hydrogen-bond donors (Lipinski definition) is 1. The van der Waals surface area contributed by atoms with E-state index in [1.54, 1.807) is 0 Å². The lowest BCUT2D eigenvalue weighted by Crippen LogP contribution is -1.99. The van der Waals surface area contributed by atoms with Crippen LogP contribution in [0.4, 0.5) is 5.69 Å². The Morgan fingerprint density at radius 2 is 1.53 bits per heavy atom. The van der Waals surface area contributed by atoms with E-state index in [1.807, 2.05) is 0 Å². The molecule has 0 amide bonds. The molecule has 1 N–H and O–H groups in total. The van der Waals surface area contributed by atoms with E-state index in [-0.39, 0.29) is 0 Å². The quantitative estimate of drug-likeness (QED) is 0.645. The predicted octanol–water partition coefficient (Wildman–Crippen LogP) is 5.06. The fourth-order valence-electron chi connectivity index (χ4n) is 2.18. The maximum absolute atomic E-state index is 3.52. The second kappa shape index (κ2) is 5.61. The maximum Gasteiger partial charge on any atom is 0.0422 e. The molecular formula is C17H14IN. The van der Waals surface area contributed by atoms with Crippen molar-refractivity contribution in [3.05, 3.63) is 75.9 Å². The van der Waals surface area contributed by atoms with E-state index in [1.165, 1.54) is 25.6 Å². The molecule has 1 nitrogen and oxygen atoms in total. The second-order valence-corrected chi connectivity index (χ2v) is 5.75. The number of anilines is 1. The third kappa shape index (κ3) is 2.89. The van der Waals surface area contributed by atoms with Crippen molar-refractivity contribution in [2.45, 2.75) is 6.54 Å². The Morgan fingerprint density at radius 1 is 0.789 bits per heavy atom. The zero-order chi connectivity index (χ0) is 13.1. The summed E-state index contributed by atoms with van der Waals surface area (Å²) in [7, 11) is 0. The normalized spacial score (nSPS) is 10.6. The summed E-state index contributed by atoms with van der Waals surface area (Å²) in [6, 6.07) is 23.4. The standard InChI is InChI=1S/C17H14IN/c18-15-10-8-13(9-11-15)12-19-17-7-3-5-14-4-1-2-6-16(14)17/h1-11,19H,12H2. The number of hydrogen-bond acceptors (Lipinski definition) is 1. The zero-order valence-corrected chi connectivity index (χ0v) is 12.6. The van der Waals surface area contributed by atoms with Crippen LogP contribution in [0, 0.1) is 3.57 Å². The fraction of sp³-hybridized carbons (Fsp3) is 0.0588. The lowest BCUT2D eigenvalue weighted by Gasteiger charge is -2.10. The number of rotatable bonds is 3. The molecule has 0 atom stereocenters. The predicted molar refractivity (Wildman–Crippen MR) is 90.4 cm³/mol. The molecule has 0 saturated carbocycles. The van der Waals surface area contributed by atoms with Gasteiger partial charge in [-0.3, -0.25) is 0 Å². The molecule has 0 aromatic heterocycles. The molecule has 0 saturated heterocycles. The van der Waals surface area contributed by atoms with Gasteiger partial charge in [-0.1, -0.05) is 48.5 Å². The topological polar surface area (TPSA) is 12.0 Å². The molecule has 19 heavy (non-hydrogen) atoms. The average Bonchev–Trinajstić information content (AvgIpc) is 2.47. The van der Waals surface area contributed by atoms with Crippen LogP contribution in [0.3, 0.4) is 0 Å². The molecule has 3 aromatic rings. The molecular weight excluding hydrogens is 345 g/mol. The summed E-state index contributed by atoms with van der Waals surface area (Å²) >= 11 is 2.33. The van der Waals surface area contributed by atoms with Gasteiger partial charge in [-0.15, -0.1) is 0 Å². The molecule has 0 aliphatic rings. The molecule has 0 bridgehead atoms. The van der Waals surface area contributed by atoms with E-state index in [4.69, 9.17) is 0 Å². The van der Waals surface area contributed by atoms with Gasteiger partial charge < -0.3 is 5.32 Å². The Kier molecular flexibility index (Phi) is 3.69. The van der Waals surface area contributed by atoms with Crippen LogP contribution in [0.1, 0.15) is 5.56 Å². The summed E-state index contributed by atoms with van der Waals surface area (Å²) in [5.74, 6) is 0. The number of fused-ring (bicyclic) bond motifs is 1. The Bertz CT molecular complexity index is 684. The van der Waals surface area contributed by atoms with Gasteiger partial charge in [-0.25, -0.2) is 0 Å². The van der Waals surface area contributed by atoms with Gasteiger partial charge in [0.1, 0.15) is 0 Å². The lowest BCUT2D eigenvalue weighted by molar-refractivity contribution is 1.15. The molecule has 3 rings (SSSR count). The van der Waals surface area contributed by atoms with Crippen molar-refractivity contribution in [2.75, 3.05) is 5.32 Å². The first-order valence-corrected chi connectivity index (χ1v) is 7.37. The van der Waals surface area contributed by atoms with Crippen LogP contribution >= 0.6 is 22.6 Å². The molecule has 3 aromatic carbocycles. The van der Waals surface area contributed by atoms with Crippen molar-refractivity contribution in [3.63, 3.8) is 0 Å². The number of nitrogens with one attached hydrogen (secondary N) is 1. The van der Waals surface area contributed by atoms with Crippen LogP contribution < -0.4 is 5.32 Å². The van der Waals surface area contributed by atoms with E-state index in [0.717, 1.165) is 6.54 Å². The van der Waals surface area contributed by atoms with Gasteiger partial charge in [0.05, 0.1) is 0 Å². The van der Waals surface area contributed by atoms with E-state index < -0.39 is 0 Å². The molecule has 0 heterocycles. The largest absolute Gasteiger partial charge is 0.380 e. The number of halogens is 1. The van der Waals surface area contributed by atoms with Crippen molar-refractivity contribution in [1.82, 2.24) is 0 Å². The first kappa shape index (κ1) is 12.5. The Balaban J connectivity index is 1.84. The Labute approximate surface area is 126 Å². The molecule has 0 aliphatic heterocycles. The van der Waals surface area contributed by atoms with Crippen LogP contribution in [-0.4, -0.2) is 0 Å². The Hall–Kier alpha value is -1.55. The molecule has 94 valence electrons. The summed E-state index contributed by atoms with van der Waals surface area (Å²) in [4.78, 5) is 0. The van der Waals surface area contributed by atoms with Crippen LogP contribution in [0.25, 0.3) is 10.8 Å². The summed E-state index contributed by atoms with van der Waals surface area (Å²) < 4.78 is 1.27. The summed E-state index contributed by atoms with van der Waals surface area (Å²) in [5.41, 5.74) is 2.49. The highest BCUT2D eigenvalue weighted by atomic mass is 127. The van der Waals surface area contributed by atoms with Gasteiger partial charge in [0.2, 0.25) is 0 Å². The van der Waals surface area contributed by atoms with Crippen molar-refractivity contribution >= 4 is 39.1 Å². The highest BCUT2D eigenvalue weighted by Crippen LogP contribution is 2.23. The van der Waals surface area contributed by atoms with Crippen molar-refractivity contribution in [1.29, 1.82) is 0 Å². The van der Waals surface area contributed by atoms with E-state index in [0.29, 0.717) is 0 Å². The SMILES string of the molecule is Ic1ccc(CNc2cccc3ccccc23)cc1. The van der Waals surface area contributed by atoms with Gasteiger partial charge in [0, 0.05) is 21.2 Å². The van der Waals surface area contributed by atoms with Gasteiger partial charge in [0.15, 0.2) is 0 Å². The third-order valence-electron chi connectivity index (χ3n) is 3.19. The van der Waals surface area contributed by atoms with Gasteiger partial charge >= 0.3 is 0 Å². The average molecular weight is 359 g/mol. The second-order valence-electron chi connectivity index (χ2n) is 4.51. The van der Waals surface area contributed by atoms with Crippen molar-refractivity contribution in [2.24, 2.45) is 0 Å². The molecule has 0 aliphatic carbocycles. The van der Waals surface area contributed by atoms with Crippen LogP contribution in [0.5, 0.6) is 0 Å². The highest BCUT2D eigenvalue weighted by molar-refractivity contribution is 14.1. The van der Waals surface area contributed by atoms with Crippen LogP contribution in [0.15, 0.2) is 66.7 Å². The number of benzene rings is 3. The molecule has 0 unspecified atom stereocenters. The summed E-state index contributed by atoms with van der Waals surface area (Å²) in [5, 5.41) is 6.07. The lowest BCUT2D eigenvalue weighted by atomic mass is 10.1. The smallest absolute Gasteiger partial charge is 0.0422 e. The monoisotopic (exact) mass is 359 g/mol. The summed E-state index contributed by atoms with van der Waals surface area (Å²) in [6.45, 7) is 0.852. The first-order valence-electron chi connectivity index (χ1n) is 6.29. The van der Waals surface area contributed by atoms with E-state index >= 15 is 0 Å². The minimum atomic E-state index is 0.852. The summed E-state index contributed by atoms with van der Waals surface area (Å²) in [6.07, 6.45) is 0. The zero-order valence-electron chi connectivity index (χ0n) is 10.4. The van der Waals surface area contributed by atoms with Crippen LogP contribution in [0.2, 0.25) is 0 Å². The highest BCUT2D eigenvalue weighted by Gasteiger charge is 1.99. The molecule has 0 fully saturated rings. The minimum absolute atomic E-state index is 0.852. The van der Waals surface area contributed by atoms with E-state index in [2.05, 4.69) is 94.6 Å². The van der Waals surface area contributed by atoms with Gasteiger partial charge in [-0.2, -0.15) is 0 Å². The maximum atomic E-state index is 3.52. The van der Waals surface area contributed by atoms with Crippen molar-refractivity contribution in [3.8, 4) is 0 Å². The third-order valence-corrected chi connectivity index (χ3v) is 3.91. The molecule has 0 radical (unpaired) electrons.